The second kappa shape index (κ2) is 24.0. The molecule has 1 aromatic rings. The third kappa shape index (κ3) is 18.1. The number of carbonyl (C=O) groups excluding carboxylic acids is 4. The largest absolute Gasteiger partial charge is 0.493 e. The van der Waals surface area contributed by atoms with Gasteiger partial charge in [0.2, 0.25) is 5.91 Å². The van der Waals surface area contributed by atoms with Gasteiger partial charge in [-0.15, -0.1) is 0 Å². The van der Waals surface area contributed by atoms with Gasteiger partial charge in [0.1, 0.15) is 17.1 Å². The summed E-state index contributed by atoms with van der Waals surface area (Å²) < 4.78 is 27.5. The number of nitrogens with one attached hydrogen (secondary N) is 3. The molecular weight excluding hydrogens is 698 g/mol. The Labute approximate surface area is 321 Å². The van der Waals surface area contributed by atoms with Gasteiger partial charge in [0.05, 0.1) is 37.5 Å². The number of aliphatic hydroxyl groups excluding tert-OH is 1. The van der Waals surface area contributed by atoms with E-state index in [9.17, 15) is 24.3 Å². The summed E-state index contributed by atoms with van der Waals surface area (Å²) in [4.78, 5) is 53.6. The molecule has 1 fully saturated rings. The number of methoxy groups -OCH3 is 1. The van der Waals surface area contributed by atoms with E-state index >= 15 is 0 Å². The first-order valence-electron chi connectivity index (χ1n) is 19.2. The first-order valence-corrected chi connectivity index (χ1v) is 19.2. The van der Waals surface area contributed by atoms with Crippen molar-refractivity contribution in [3.63, 3.8) is 0 Å². The Morgan fingerprint density at radius 1 is 0.963 bits per heavy atom. The molecule has 4 atom stereocenters. The van der Waals surface area contributed by atoms with Crippen molar-refractivity contribution in [2.24, 2.45) is 29.4 Å². The molecule has 6 N–H and O–H groups in total. The zero-order valence-electron chi connectivity index (χ0n) is 33.7. The number of aliphatic hydroxyl groups is 1. The van der Waals surface area contributed by atoms with Gasteiger partial charge in [-0.05, 0) is 76.3 Å². The van der Waals surface area contributed by atoms with E-state index in [4.69, 9.17) is 29.4 Å². The van der Waals surface area contributed by atoms with Gasteiger partial charge in [-0.2, -0.15) is 0 Å². The Morgan fingerprint density at radius 2 is 1.65 bits per heavy atom. The van der Waals surface area contributed by atoms with Crippen LogP contribution >= 0.6 is 0 Å². The number of hydrogen-bond acceptors (Lipinski definition) is 11. The van der Waals surface area contributed by atoms with Crippen LogP contribution in [0, 0.1) is 23.7 Å². The number of nitrogens with two attached hydrogens (primary N) is 1. The van der Waals surface area contributed by atoms with Gasteiger partial charge >= 0.3 is 6.09 Å². The van der Waals surface area contributed by atoms with Crippen LogP contribution < -0.4 is 31.2 Å². The summed E-state index contributed by atoms with van der Waals surface area (Å²) in [6, 6.07) is 3.90. The van der Waals surface area contributed by atoms with Crippen LogP contribution in [0.2, 0.25) is 0 Å². The smallest absolute Gasteiger partial charge is 0.407 e. The van der Waals surface area contributed by atoms with Crippen molar-refractivity contribution in [2.45, 2.75) is 91.9 Å². The lowest BCUT2D eigenvalue weighted by Crippen LogP contribution is -2.49. The van der Waals surface area contributed by atoms with Crippen molar-refractivity contribution < 1.29 is 48.0 Å². The summed E-state index contributed by atoms with van der Waals surface area (Å²) in [5, 5.41) is 20.6. The van der Waals surface area contributed by atoms with E-state index in [0.717, 1.165) is 19.5 Å². The van der Waals surface area contributed by atoms with Gasteiger partial charge < -0.3 is 50.5 Å². The molecule has 0 spiro atoms. The molecule has 308 valence electrons. The Morgan fingerprint density at radius 3 is 2.26 bits per heavy atom. The fourth-order valence-electron chi connectivity index (χ4n) is 5.99. The number of ether oxygens (including phenoxy) is 5. The first-order chi connectivity index (χ1) is 25.5. The summed E-state index contributed by atoms with van der Waals surface area (Å²) in [5.74, 6) is -1.30. The molecule has 0 bridgehead atoms. The van der Waals surface area contributed by atoms with Crippen molar-refractivity contribution >= 4 is 23.8 Å². The highest BCUT2D eigenvalue weighted by molar-refractivity contribution is 5.97. The predicted octanol–water partition coefficient (Wildman–Crippen LogP) is 3.11. The third-order valence-electron chi connectivity index (χ3n) is 9.24. The number of benzene rings is 1. The van der Waals surface area contributed by atoms with Crippen molar-refractivity contribution in [1.82, 2.24) is 20.9 Å². The molecule has 54 heavy (non-hydrogen) atoms. The Kier molecular flexibility index (Phi) is 20.6. The number of carbonyl (C=O) groups is 4. The molecule has 4 unspecified atom stereocenters. The highest BCUT2D eigenvalue weighted by Crippen LogP contribution is 2.27. The number of alkyl carbamates (subject to hydrolysis) is 1. The second-order valence-electron chi connectivity index (χ2n) is 15.6. The van der Waals surface area contributed by atoms with Crippen molar-refractivity contribution in [1.29, 1.82) is 0 Å². The molecule has 15 heteroatoms. The Bertz CT molecular complexity index is 1300. The van der Waals surface area contributed by atoms with Gasteiger partial charge in [-0.3, -0.25) is 19.3 Å². The quantitative estimate of drug-likeness (QED) is 0.0970. The molecular formula is C39H67N5O10. The minimum Gasteiger partial charge on any atom is -0.493 e. The van der Waals surface area contributed by atoms with Crippen LogP contribution in [0.3, 0.4) is 0 Å². The third-order valence-corrected chi connectivity index (χ3v) is 9.24. The highest BCUT2D eigenvalue weighted by Gasteiger charge is 2.33. The SMILES string of the molecule is COCCCCOc1cc(OCC(N)=O)ccc1C(=O)NCC(CC(NC(=O)OC(C)(C)C)C(O)CC(C(=O)NCCN1CCOCC1)C(C)C)C(C)C. The lowest BCUT2D eigenvalue weighted by atomic mass is 9.82. The summed E-state index contributed by atoms with van der Waals surface area (Å²) >= 11 is 0. The maximum atomic E-state index is 13.6. The van der Waals surface area contributed by atoms with Crippen LogP contribution in [0.4, 0.5) is 4.79 Å². The van der Waals surface area contributed by atoms with Crippen LogP contribution in [-0.4, -0.2) is 124 Å². The van der Waals surface area contributed by atoms with Crippen molar-refractivity contribution in [3.05, 3.63) is 23.8 Å². The summed E-state index contributed by atoms with van der Waals surface area (Å²) in [6.45, 7) is 18.2. The number of nitrogens with zero attached hydrogens (tertiary/aromatic N) is 1. The fraction of sp³-hybridized carbons (Fsp3) is 0.744. The maximum absolute atomic E-state index is 13.6. The van der Waals surface area contributed by atoms with Crippen LogP contribution in [-0.2, 0) is 23.8 Å². The van der Waals surface area contributed by atoms with Gasteiger partial charge in [-0.1, -0.05) is 27.7 Å². The average Bonchev–Trinajstić information content (AvgIpc) is 3.09. The van der Waals surface area contributed by atoms with Crippen molar-refractivity contribution in [3.8, 4) is 11.5 Å². The number of rotatable bonds is 24. The van der Waals surface area contributed by atoms with E-state index in [1.165, 1.54) is 0 Å². The van der Waals surface area contributed by atoms with E-state index in [-0.39, 0.29) is 60.5 Å². The van der Waals surface area contributed by atoms with Gasteiger partial charge in [0, 0.05) is 58.4 Å². The van der Waals surface area contributed by atoms with Crippen molar-refractivity contribution in [2.75, 3.05) is 72.9 Å². The van der Waals surface area contributed by atoms with E-state index in [1.54, 1.807) is 46.1 Å². The predicted molar refractivity (Wildman–Crippen MR) is 205 cm³/mol. The van der Waals surface area contributed by atoms with Crippen LogP contribution in [0.5, 0.6) is 11.5 Å². The fourth-order valence-corrected chi connectivity index (χ4v) is 5.99. The first kappa shape index (κ1) is 46.5. The normalized spacial score (nSPS) is 15.9. The lowest BCUT2D eigenvalue weighted by molar-refractivity contribution is -0.127. The van der Waals surface area contributed by atoms with Gasteiger partial charge in [0.25, 0.3) is 11.8 Å². The monoisotopic (exact) mass is 765 g/mol. The van der Waals surface area contributed by atoms with Crippen LogP contribution in [0.25, 0.3) is 0 Å². The van der Waals surface area contributed by atoms with Crippen LogP contribution in [0.15, 0.2) is 18.2 Å². The average molecular weight is 766 g/mol. The van der Waals surface area contributed by atoms with Crippen LogP contribution in [0.1, 0.15) is 84.5 Å². The molecule has 1 saturated heterocycles. The van der Waals surface area contributed by atoms with Gasteiger partial charge in [-0.25, -0.2) is 4.79 Å². The molecule has 1 aliphatic heterocycles. The molecule has 15 nitrogen and oxygen atoms in total. The zero-order valence-corrected chi connectivity index (χ0v) is 33.7. The van der Waals surface area contributed by atoms with E-state index < -0.39 is 35.7 Å². The molecule has 4 amide bonds. The van der Waals surface area contributed by atoms with Gasteiger partial charge in [0.15, 0.2) is 6.61 Å². The standard InChI is InChI=1S/C39H67N5O10/c1-26(2)28(24-42-36(47)30-12-11-29(53-25-35(40)46)22-34(30)52-18-10-9-17-50-8)21-32(43-38(49)54-39(5,6)7)33(45)23-31(27(3)4)37(48)41-13-14-44-15-19-51-20-16-44/h11-12,22,26-28,31-33,45H,9-10,13-21,23-25H2,1-8H3,(H2,40,46)(H,41,48)(H,42,47)(H,43,49). The number of morpholine rings is 1. The number of unbranched alkanes of at least 4 members (excludes halogenated alkanes) is 1. The number of amides is 4. The highest BCUT2D eigenvalue weighted by atomic mass is 16.6. The second-order valence-corrected chi connectivity index (χ2v) is 15.6. The lowest BCUT2D eigenvalue weighted by Gasteiger charge is -2.33. The Hall–Kier alpha value is -3.66. The molecule has 0 aliphatic carbocycles. The maximum Gasteiger partial charge on any atom is 0.407 e. The summed E-state index contributed by atoms with van der Waals surface area (Å²) in [7, 11) is 1.63. The molecule has 0 aromatic heterocycles. The molecule has 0 saturated carbocycles. The topological polar surface area (TPSA) is 200 Å². The molecule has 0 radical (unpaired) electrons. The molecule has 1 heterocycles. The molecule has 1 aliphatic rings. The summed E-state index contributed by atoms with van der Waals surface area (Å²) in [5.41, 5.74) is 4.74. The van der Waals surface area contributed by atoms with E-state index in [1.807, 2.05) is 27.7 Å². The summed E-state index contributed by atoms with van der Waals surface area (Å²) in [6.07, 6.45) is 0.114. The number of primary amides is 1. The van der Waals surface area contributed by atoms with E-state index in [0.29, 0.717) is 58.1 Å². The van der Waals surface area contributed by atoms with E-state index in [2.05, 4.69) is 20.9 Å². The molecule has 1 aromatic carbocycles. The number of hydrogen-bond donors (Lipinski definition) is 5. The minimum atomic E-state index is -1.09. The minimum absolute atomic E-state index is 0.0332. The molecule has 2 rings (SSSR count). The Balaban J connectivity index is 2.21. The zero-order chi connectivity index (χ0) is 40.3.